The summed E-state index contributed by atoms with van der Waals surface area (Å²) in [5, 5.41) is 12.4. The van der Waals surface area contributed by atoms with Gasteiger partial charge < -0.3 is 14.7 Å². The van der Waals surface area contributed by atoms with Crippen LogP contribution in [0.4, 0.5) is 29.5 Å². The monoisotopic (exact) mass is 516 g/mol. The molecule has 1 aromatic carbocycles. The summed E-state index contributed by atoms with van der Waals surface area (Å²) in [6.07, 6.45) is 0.785. The van der Waals surface area contributed by atoms with Crippen LogP contribution in [-0.2, 0) is 16.1 Å². The molecule has 2 aromatic rings. The predicted octanol–water partition coefficient (Wildman–Crippen LogP) is 5.09. The maximum atomic E-state index is 13.2. The maximum absolute atomic E-state index is 13.2. The second-order valence-electron chi connectivity index (χ2n) is 7.47. The summed E-state index contributed by atoms with van der Waals surface area (Å²) in [5.41, 5.74) is -4.50. The van der Waals surface area contributed by atoms with Gasteiger partial charge in [-0.1, -0.05) is 13.8 Å². The zero-order chi connectivity index (χ0) is 26.8. The standard InChI is InChI=1S/C21H25F3N4O4S.C2H6/c1-20(2,18(30)27(3)15-5-7-16(8-6-15)33-21(22,23)24)28(13-29)12-14-9-10-25-17(11-14)26-19(31)32-4;1-2/h5-11,29H,12-13H2,1-4H3,(H,25,26,31);1-2H3. The summed E-state index contributed by atoms with van der Waals surface area (Å²) in [7, 11) is 2.73. The van der Waals surface area contributed by atoms with Crippen LogP contribution in [0, 0.1) is 0 Å². The molecule has 0 aliphatic rings. The van der Waals surface area contributed by atoms with E-state index in [1.54, 1.807) is 26.0 Å². The van der Waals surface area contributed by atoms with Gasteiger partial charge in [0.05, 0.1) is 19.4 Å². The quantitative estimate of drug-likeness (QED) is 0.373. The molecule has 0 spiro atoms. The number of ether oxygens (including phenoxy) is 1. The predicted molar refractivity (Wildman–Crippen MR) is 130 cm³/mol. The number of pyridine rings is 1. The average Bonchev–Trinajstić information content (AvgIpc) is 2.82. The maximum Gasteiger partial charge on any atom is 0.446 e. The van der Waals surface area contributed by atoms with Crippen molar-refractivity contribution in [2.24, 2.45) is 0 Å². The molecule has 0 atom stereocenters. The molecule has 8 nitrogen and oxygen atoms in total. The molecular weight excluding hydrogens is 485 g/mol. The summed E-state index contributed by atoms with van der Waals surface area (Å²) < 4.78 is 42.1. The number of thioether (sulfide) groups is 1. The SMILES string of the molecule is CC.COC(=O)Nc1cc(CN(CO)C(C)(C)C(=O)N(C)c2ccc(SC(F)(F)F)cc2)ccn1. The van der Waals surface area contributed by atoms with E-state index in [-0.39, 0.29) is 34.9 Å². The Morgan fingerprint density at radius 2 is 1.74 bits per heavy atom. The summed E-state index contributed by atoms with van der Waals surface area (Å²) in [5.74, 6) is -0.134. The Kier molecular flexibility index (Phi) is 11.5. The van der Waals surface area contributed by atoms with E-state index in [0.29, 0.717) is 11.3 Å². The number of carbonyl (C=O) groups excluding carboxylic acids is 2. The third-order valence-electron chi connectivity index (χ3n) is 4.86. The van der Waals surface area contributed by atoms with Crippen molar-refractivity contribution in [1.29, 1.82) is 0 Å². The second kappa shape index (κ2) is 13.3. The number of rotatable bonds is 8. The van der Waals surface area contributed by atoms with Crippen molar-refractivity contribution in [2.75, 3.05) is 31.1 Å². The van der Waals surface area contributed by atoms with Crippen LogP contribution in [0.2, 0.25) is 0 Å². The highest BCUT2D eigenvalue weighted by atomic mass is 32.2. The van der Waals surface area contributed by atoms with Crippen molar-refractivity contribution in [1.82, 2.24) is 9.88 Å². The van der Waals surface area contributed by atoms with E-state index < -0.39 is 23.9 Å². The molecule has 194 valence electrons. The molecule has 2 rings (SSSR count). The molecule has 0 radical (unpaired) electrons. The summed E-state index contributed by atoms with van der Waals surface area (Å²) in [6.45, 7) is 6.97. The first-order valence-electron chi connectivity index (χ1n) is 10.7. The van der Waals surface area contributed by atoms with Gasteiger partial charge in [-0.3, -0.25) is 15.0 Å². The zero-order valence-corrected chi connectivity index (χ0v) is 21.3. The zero-order valence-electron chi connectivity index (χ0n) is 20.5. The lowest BCUT2D eigenvalue weighted by Gasteiger charge is -2.38. The molecule has 0 saturated heterocycles. The number of hydrogen-bond donors (Lipinski definition) is 2. The van der Waals surface area contributed by atoms with Crippen molar-refractivity contribution < 1.29 is 32.6 Å². The number of nitrogens with one attached hydrogen (secondary N) is 1. The Bertz CT molecular complexity index is 972. The molecule has 0 aliphatic heterocycles. The molecule has 0 saturated carbocycles. The number of likely N-dealkylation sites (N-methyl/N-ethyl adjacent to an activating group) is 1. The van der Waals surface area contributed by atoms with E-state index in [0.717, 1.165) is 0 Å². The highest BCUT2D eigenvalue weighted by Crippen LogP contribution is 2.37. The van der Waals surface area contributed by atoms with Gasteiger partial charge in [-0.2, -0.15) is 13.2 Å². The lowest BCUT2D eigenvalue weighted by Crippen LogP contribution is -2.55. The number of aliphatic hydroxyl groups excluding tert-OH is 1. The minimum absolute atomic E-state index is 0.0115. The number of halogens is 3. The number of carbonyl (C=O) groups is 2. The number of benzene rings is 1. The van der Waals surface area contributed by atoms with Crippen molar-refractivity contribution in [3.63, 3.8) is 0 Å². The molecule has 0 unspecified atom stereocenters. The first kappa shape index (κ1) is 30.2. The van der Waals surface area contributed by atoms with E-state index >= 15 is 0 Å². The van der Waals surface area contributed by atoms with Crippen molar-refractivity contribution in [2.45, 2.75) is 50.2 Å². The average molecular weight is 517 g/mol. The van der Waals surface area contributed by atoms with Crippen LogP contribution in [-0.4, -0.2) is 58.9 Å². The molecule has 35 heavy (non-hydrogen) atoms. The van der Waals surface area contributed by atoms with Gasteiger partial charge in [0.1, 0.15) is 5.82 Å². The van der Waals surface area contributed by atoms with Crippen LogP contribution in [0.25, 0.3) is 0 Å². The van der Waals surface area contributed by atoms with Crippen LogP contribution >= 0.6 is 11.8 Å². The molecule has 0 bridgehead atoms. The first-order valence-corrected chi connectivity index (χ1v) is 11.5. The Morgan fingerprint density at radius 1 is 1.14 bits per heavy atom. The number of aromatic nitrogens is 1. The highest BCUT2D eigenvalue weighted by molar-refractivity contribution is 8.00. The van der Waals surface area contributed by atoms with Crippen LogP contribution in [0.15, 0.2) is 47.5 Å². The fourth-order valence-electron chi connectivity index (χ4n) is 2.98. The molecule has 0 fully saturated rings. The molecular formula is C23H31F3N4O4S. The molecule has 12 heteroatoms. The van der Waals surface area contributed by atoms with Crippen molar-refractivity contribution >= 4 is 35.3 Å². The number of anilines is 2. The van der Waals surface area contributed by atoms with Gasteiger partial charge in [0, 0.05) is 30.4 Å². The highest BCUT2D eigenvalue weighted by Gasteiger charge is 2.37. The summed E-state index contributed by atoms with van der Waals surface area (Å²) >= 11 is -0.233. The van der Waals surface area contributed by atoms with Crippen molar-refractivity contribution in [3.05, 3.63) is 48.2 Å². The Balaban J connectivity index is 0.00000298. The third kappa shape index (κ3) is 9.04. The van der Waals surface area contributed by atoms with Crippen LogP contribution in [0.1, 0.15) is 33.3 Å². The van der Waals surface area contributed by atoms with Crippen LogP contribution in [0.3, 0.4) is 0 Å². The van der Waals surface area contributed by atoms with E-state index in [4.69, 9.17) is 0 Å². The van der Waals surface area contributed by atoms with Gasteiger partial charge in [-0.25, -0.2) is 9.78 Å². The fourth-order valence-corrected chi connectivity index (χ4v) is 3.52. The Hall–Kier alpha value is -2.83. The van der Waals surface area contributed by atoms with Gasteiger partial charge in [0.2, 0.25) is 5.91 Å². The minimum atomic E-state index is -4.40. The molecule has 2 N–H and O–H groups in total. The van der Waals surface area contributed by atoms with E-state index in [9.17, 15) is 27.9 Å². The second-order valence-corrected chi connectivity index (χ2v) is 8.61. The number of aliphatic hydroxyl groups is 1. The largest absolute Gasteiger partial charge is 0.453 e. The number of hydrogen-bond acceptors (Lipinski definition) is 7. The minimum Gasteiger partial charge on any atom is -0.453 e. The van der Waals surface area contributed by atoms with Crippen molar-refractivity contribution in [3.8, 4) is 0 Å². The van der Waals surface area contributed by atoms with Crippen LogP contribution in [0.5, 0.6) is 0 Å². The number of alkyl halides is 3. The van der Waals surface area contributed by atoms with Gasteiger partial charge in [0.15, 0.2) is 0 Å². The van der Waals surface area contributed by atoms with E-state index in [2.05, 4.69) is 15.0 Å². The summed E-state index contributed by atoms with van der Waals surface area (Å²) in [4.78, 5) is 31.5. The smallest absolute Gasteiger partial charge is 0.446 e. The summed E-state index contributed by atoms with van der Waals surface area (Å²) in [6, 6.07) is 8.70. The first-order chi connectivity index (χ1) is 16.4. The molecule has 2 amide bonds. The van der Waals surface area contributed by atoms with Gasteiger partial charge >= 0.3 is 11.6 Å². The number of amides is 2. The Morgan fingerprint density at radius 3 is 2.26 bits per heavy atom. The van der Waals surface area contributed by atoms with E-state index in [1.807, 2.05) is 13.8 Å². The normalized spacial score (nSPS) is 11.4. The van der Waals surface area contributed by atoms with Crippen LogP contribution < -0.4 is 10.2 Å². The van der Waals surface area contributed by atoms with Gasteiger partial charge in [-0.15, -0.1) is 0 Å². The number of methoxy groups -OCH3 is 1. The van der Waals surface area contributed by atoms with Gasteiger partial charge in [-0.05, 0) is 67.6 Å². The van der Waals surface area contributed by atoms with E-state index in [1.165, 1.54) is 54.4 Å². The fraction of sp³-hybridized carbons (Fsp3) is 0.435. The lowest BCUT2D eigenvalue weighted by atomic mass is 10.00. The Labute approximate surface area is 207 Å². The molecule has 1 aromatic heterocycles. The molecule has 0 aliphatic carbocycles. The lowest BCUT2D eigenvalue weighted by molar-refractivity contribution is -0.131. The molecule has 1 heterocycles. The van der Waals surface area contributed by atoms with Gasteiger partial charge in [0.25, 0.3) is 0 Å². The third-order valence-corrected chi connectivity index (χ3v) is 5.60. The number of nitrogens with zero attached hydrogens (tertiary/aromatic N) is 3. The topological polar surface area (TPSA) is 95.0 Å².